The molecule has 0 fully saturated rings. The Morgan fingerprint density at radius 1 is 1.06 bits per heavy atom. The molecule has 3 aromatic carbocycles. The first-order valence-electron chi connectivity index (χ1n) is 11.5. The van der Waals surface area contributed by atoms with E-state index in [1.54, 1.807) is 24.3 Å². The molecule has 0 saturated carbocycles. The molecular formula is C27H24N4O4. The molecular weight excluding hydrogens is 444 g/mol. The monoisotopic (exact) mass is 468 g/mol. The number of rotatable bonds is 8. The molecule has 0 amide bonds. The van der Waals surface area contributed by atoms with Crippen LogP contribution in [0.1, 0.15) is 41.5 Å². The van der Waals surface area contributed by atoms with Gasteiger partial charge in [0.2, 0.25) is 0 Å². The average molecular weight is 469 g/mol. The van der Waals surface area contributed by atoms with Gasteiger partial charge in [-0.2, -0.15) is 0 Å². The lowest BCUT2D eigenvalue weighted by Crippen LogP contribution is -2.06. The third kappa shape index (κ3) is 4.14. The Kier molecular flexibility index (Phi) is 5.78. The van der Waals surface area contributed by atoms with Gasteiger partial charge in [-0.3, -0.25) is 10.1 Å². The molecule has 0 bridgehead atoms. The largest absolute Gasteiger partial charge is 0.478 e. The summed E-state index contributed by atoms with van der Waals surface area (Å²) in [5, 5.41) is 21.8. The lowest BCUT2D eigenvalue weighted by atomic mass is 10.1. The van der Waals surface area contributed by atoms with Crippen molar-refractivity contribution in [3.63, 3.8) is 0 Å². The summed E-state index contributed by atoms with van der Waals surface area (Å²) >= 11 is 0. The summed E-state index contributed by atoms with van der Waals surface area (Å²) < 4.78 is 4.02. The molecule has 0 saturated heterocycles. The van der Waals surface area contributed by atoms with Crippen LogP contribution in [-0.4, -0.2) is 30.1 Å². The van der Waals surface area contributed by atoms with Crippen molar-refractivity contribution in [2.75, 3.05) is 0 Å². The molecule has 0 atom stereocenters. The standard InChI is InChI=1S/C27H24N4O4/c1-2-3-8-26-28-22-16-20(31(34)35)10-12-25(22)30(26)17-18-9-11-23-19(15-18)13-14-29(23)24-7-5-4-6-21(24)27(32)33/h4-7,9-16H,2-3,8,17H2,1H3,(H,32,33). The third-order valence-electron chi connectivity index (χ3n) is 6.26. The number of aromatic carboxylic acids is 1. The van der Waals surface area contributed by atoms with E-state index in [0.29, 0.717) is 17.7 Å². The lowest BCUT2D eigenvalue weighted by Gasteiger charge is -2.11. The number of aryl methyl sites for hydroxylation is 1. The molecule has 0 unspecified atom stereocenters. The zero-order valence-electron chi connectivity index (χ0n) is 19.2. The zero-order valence-corrected chi connectivity index (χ0v) is 19.2. The highest BCUT2D eigenvalue weighted by molar-refractivity contribution is 5.93. The van der Waals surface area contributed by atoms with E-state index in [2.05, 4.69) is 17.6 Å². The Morgan fingerprint density at radius 2 is 1.86 bits per heavy atom. The van der Waals surface area contributed by atoms with Gasteiger partial charge in [0, 0.05) is 36.7 Å². The number of non-ortho nitro benzene ring substituents is 1. The van der Waals surface area contributed by atoms with Gasteiger partial charge < -0.3 is 14.2 Å². The van der Waals surface area contributed by atoms with Crippen molar-refractivity contribution in [3.8, 4) is 5.69 Å². The Hall–Kier alpha value is -4.46. The summed E-state index contributed by atoms with van der Waals surface area (Å²) in [6.07, 6.45) is 4.69. The molecule has 0 spiro atoms. The fourth-order valence-corrected chi connectivity index (χ4v) is 4.53. The number of nitro groups is 1. The Bertz CT molecular complexity index is 1580. The molecule has 0 aliphatic heterocycles. The van der Waals surface area contributed by atoms with Gasteiger partial charge in [0.1, 0.15) is 5.82 Å². The van der Waals surface area contributed by atoms with Crippen molar-refractivity contribution in [2.24, 2.45) is 0 Å². The minimum atomic E-state index is -0.967. The second-order valence-corrected chi connectivity index (χ2v) is 8.55. The van der Waals surface area contributed by atoms with Gasteiger partial charge >= 0.3 is 5.97 Å². The fourth-order valence-electron chi connectivity index (χ4n) is 4.53. The van der Waals surface area contributed by atoms with E-state index in [4.69, 9.17) is 4.98 Å². The molecule has 35 heavy (non-hydrogen) atoms. The van der Waals surface area contributed by atoms with Gasteiger partial charge in [0.15, 0.2) is 0 Å². The number of para-hydroxylation sites is 1. The Balaban J connectivity index is 1.54. The van der Waals surface area contributed by atoms with E-state index in [1.807, 2.05) is 35.0 Å². The van der Waals surface area contributed by atoms with E-state index in [-0.39, 0.29) is 11.3 Å². The van der Waals surface area contributed by atoms with Gasteiger partial charge in [0.25, 0.3) is 5.69 Å². The summed E-state index contributed by atoms with van der Waals surface area (Å²) in [7, 11) is 0. The molecule has 0 aliphatic carbocycles. The molecule has 5 rings (SSSR count). The minimum Gasteiger partial charge on any atom is -0.478 e. The molecule has 0 aliphatic rings. The summed E-state index contributed by atoms with van der Waals surface area (Å²) in [6, 6.07) is 19.9. The van der Waals surface area contributed by atoms with Crippen molar-refractivity contribution in [2.45, 2.75) is 32.7 Å². The van der Waals surface area contributed by atoms with E-state index in [0.717, 1.165) is 47.1 Å². The van der Waals surface area contributed by atoms with Gasteiger partial charge in [0.05, 0.1) is 32.7 Å². The maximum atomic E-state index is 11.7. The summed E-state index contributed by atoms with van der Waals surface area (Å²) in [5.74, 6) is -0.0543. The van der Waals surface area contributed by atoms with Gasteiger partial charge in [-0.1, -0.05) is 31.5 Å². The second-order valence-electron chi connectivity index (χ2n) is 8.55. The highest BCUT2D eigenvalue weighted by atomic mass is 16.6. The molecule has 176 valence electrons. The van der Waals surface area contributed by atoms with Crippen molar-refractivity contribution in [3.05, 3.63) is 100.0 Å². The SMILES string of the molecule is CCCCc1nc2cc([N+](=O)[O-])ccc2n1Cc1ccc2c(ccn2-c2ccccc2C(=O)O)c1. The first-order valence-corrected chi connectivity index (χ1v) is 11.5. The average Bonchev–Trinajstić information content (AvgIpc) is 3.43. The van der Waals surface area contributed by atoms with Crippen molar-refractivity contribution < 1.29 is 14.8 Å². The molecule has 0 radical (unpaired) electrons. The van der Waals surface area contributed by atoms with E-state index < -0.39 is 10.9 Å². The van der Waals surface area contributed by atoms with E-state index in [9.17, 15) is 20.0 Å². The number of hydrogen-bond donors (Lipinski definition) is 1. The summed E-state index contributed by atoms with van der Waals surface area (Å²) in [4.78, 5) is 27.2. The molecule has 8 nitrogen and oxygen atoms in total. The van der Waals surface area contributed by atoms with E-state index in [1.165, 1.54) is 12.1 Å². The van der Waals surface area contributed by atoms with Crippen LogP contribution in [0.2, 0.25) is 0 Å². The topological polar surface area (TPSA) is 103 Å². The number of carboxylic acids is 1. The third-order valence-corrected chi connectivity index (χ3v) is 6.26. The highest BCUT2D eigenvalue weighted by Gasteiger charge is 2.16. The Labute approximate surface area is 201 Å². The number of hydrogen-bond acceptors (Lipinski definition) is 4. The number of carbonyl (C=O) groups is 1. The number of nitrogens with zero attached hydrogens (tertiary/aromatic N) is 4. The van der Waals surface area contributed by atoms with Crippen LogP contribution < -0.4 is 0 Å². The summed E-state index contributed by atoms with van der Waals surface area (Å²) in [5.41, 5.74) is 4.38. The van der Waals surface area contributed by atoms with Crippen LogP contribution in [0.3, 0.4) is 0 Å². The number of benzene rings is 3. The second kappa shape index (κ2) is 9.06. The quantitative estimate of drug-likeness (QED) is 0.223. The van der Waals surface area contributed by atoms with Gasteiger partial charge in [-0.25, -0.2) is 9.78 Å². The summed E-state index contributed by atoms with van der Waals surface area (Å²) in [6.45, 7) is 2.71. The molecule has 1 N–H and O–H groups in total. The number of carboxylic acid groups (broad SMARTS) is 1. The molecule has 2 heterocycles. The maximum absolute atomic E-state index is 11.7. The van der Waals surface area contributed by atoms with Crippen molar-refractivity contribution in [1.29, 1.82) is 0 Å². The number of unbranched alkanes of at least 4 members (excludes halogenated alkanes) is 1. The number of imidazole rings is 1. The van der Waals surface area contributed by atoms with Crippen LogP contribution in [0, 0.1) is 10.1 Å². The molecule has 2 aromatic heterocycles. The predicted octanol–water partition coefficient (Wildman–Crippen LogP) is 5.98. The smallest absolute Gasteiger partial charge is 0.337 e. The normalized spacial score (nSPS) is 11.3. The lowest BCUT2D eigenvalue weighted by molar-refractivity contribution is -0.384. The van der Waals surface area contributed by atoms with E-state index >= 15 is 0 Å². The van der Waals surface area contributed by atoms with Crippen LogP contribution >= 0.6 is 0 Å². The van der Waals surface area contributed by atoms with Crippen LogP contribution in [0.5, 0.6) is 0 Å². The van der Waals surface area contributed by atoms with Gasteiger partial charge in [-0.15, -0.1) is 0 Å². The van der Waals surface area contributed by atoms with Crippen LogP contribution in [0.25, 0.3) is 27.6 Å². The minimum absolute atomic E-state index is 0.0357. The highest BCUT2D eigenvalue weighted by Crippen LogP contribution is 2.27. The number of fused-ring (bicyclic) bond motifs is 2. The Morgan fingerprint density at radius 3 is 2.63 bits per heavy atom. The van der Waals surface area contributed by atoms with Crippen molar-refractivity contribution >= 4 is 33.6 Å². The first-order chi connectivity index (χ1) is 17.0. The predicted molar refractivity (Wildman–Crippen MR) is 134 cm³/mol. The molecule has 5 aromatic rings. The maximum Gasteiger partial charge on any atom is 0.337 e. The van der Waals surface area contributed by atoms with Crippen LogP contribution in [-0.2, 0) is 13.0 Å². The number of aromatic nitrogens is 3. The van der Waals surface area contributed by atoms with Crippen LogP contribution in [0.15, 0.2) is 72.9 Å². The number of nitro benzene ring substituents is 1. The molecule has 8 heteroatoms. The van der Waals surface area contributed by atoms with Crippen LogP contribution in [0.4, 0.5) is 5.69 Å². The zero-order chi connectivity index (χ0) is 24.5. The fraction of sp³-hybridized carbons (Fsp3) is 0.185. The van der Waals surface area contributed by atoms with Gasteiger partial charge in [-0.05, 0) is 48.4 Å². The van der Waals surface area contributed by atoms with Crippen molar-refractivity contribution in [1.82, 2.24) is 14.1 Å². The first kappa shape index (κ1) is 22.3.